The Morgan fingerprint density at radius 1 is 1.36 bits per heavy atom. The van der Waals surface area contributed by atoms with Gasteiger partial charge in [0.1, 0.15) is 5.75 Å². The molecule has 1 aromatic heterocycles. The number of nitrogens with one attached hydrogen (secondary N) is 1. The van der Waals surface area contributed by atoms with E-state index in [9.17, 15) is 4.79 Å². The highest BCUT2D eigenvalue weighted by atomic mass is 16.5. The van der Waals surface area contributed by atoms with Gasteiger partial charge in [0.15, 0.2) is 0 Å². The van der Waals surface area contributed by atoms with Crippen LogP contribution in [-0.2, 0) is 0 Å². The van der Waals surface area contributed by atoms with Crippen LogP contribution in [0.4, 0.5) is 0 Å². The molecule has 0 amide bonds. The van der Waals surface area contributed by atoms with Gasteiger partial charge in [-0.3, -0.25) is 0 Å². The summed E-state index contributed by atoms with van der Waals surface area (Å²) < 4.78 is 9.73. The number of methoxy groups -OCH3 is 1. The first-order chi connectivity index (χ1) is 6.81. The van der Waals surface area contributed by atoms with Gasteiger partial charge in [-0.25, -0.2) is 9.95 Å². The molecule has 1 heterocycles. The van der Waals surface area contributed by atoms with Gasteiger partial charge in [0.05, 0.1) is 18.9 Å². The molecule has 4 heteroatoms. The van der Waals surface area contributed by atoms with Gasteiger partial charge in [-0.1, -0.05) is 12.1 Å². The predicted molar refractivity (Wildman–Crippen MR) is 51.3 cm³/mol. The van der Waals surface area contributed by atoms with Crippen LogP contribution in [0.25, 0.3) is 11.3 Å². The minimum atomic E-state index is -0.397. The van der Waals surface area contributed by atoms with Crippen molar-refractivity contribution in [3.63, 3.8) is 0 Å². The van der Waals surface area contributed by atoms with Crippen LogP contribution in [0, 0.1) is 0 Å². The minimum absolute atomic E-state index is 0.397. The summed E-state index contributed by atoms with van der Waals surface area (Å²) in [6.45, 7) is 0. The molecule has 0 saturated heterocycles. The fourth-order valence-corrected chi connectivity index (χ4v) is 1.28. The lowest BCUT2D eigenvalue weighted by Gasteiger charge is -2.04. The normalized spacial score (nSPS) is 10.1. The number of hydrogen-bond acceptors (Lipinski definition) is 3. The highest BCUT2D eigenvalue weighted by Gasteiger charge is 2.07. The van der Waals surface area contributed by atoms with Crippen LogP contribution in [0.5, 0.6) is 5.75 Å². The third-order valence-corrected chi connectivity index (χ3v) is 1.92. The Bertz CT molecular complexity index is 484. The van der Waals surface area contributed by atoms with Gasteiger partial charge in [-0.2, -0.15) is 0 Å². The van der Waals surface area contributed by atoms with Crippen molar-refractivity contribution in [1.82, 2.24) is 5.16 Å². The molecule has 0 spiro atoms. The maximum atomic E-state index is 10.8. The summed E-state index contributed by atoms with van der Waals surface area (Å²) in [5.41, 5.74) is 1.03. The van der Waals surface area contributed by atoms with Crippen LogP contribution in [0.1, 0.15) is 0 Å². The van der Waals surface area contributed by atoms with Crippen LogP contribution in [-0.4, -0.2) is 12.3 Å². The quantitative estimate of drug-likeness (QED) is 0.785. The SMILES string of the molecule is COc1ccccc1-c1cc(=O)o[nH]1. The molecule has 1 aromatic carbocycles. The second-order valence-corrected chi connectivity index (χ2v) is 2.78. The molecule has 0 bridgehead atoms. The first kappa shape index (κ1) is 8.62. The molecule has 0 radical (unpaired) electrons. The van der Waals surface area contributed by atoms with Gasteiger partial charge in [-0.15, -0.1) is 0 Å². The Morgan fingerprint density at radius 3 is 2.79 bits per heavy atom. The molecular formula is C10H9NO3. The molecule has 0 fully saturated rings. The average Bonchev–Trinajstić information content (AvgIpc) is 2.65. The number of para-hydroxylation sites is 1. The van der Waals surface area contributed by atoms with Gasteiger partial charge >= 0.3 is 5.63 Å². The van der Waals surface area contributed by atoms with E-state index in [0.717, 1.165) is 5.56 Å². The molecule has 2 aromatic rings. The summed E-state index contributed by atoms with van der Waals surface area (Å²) in [6, 6.07) is 8.78. The lowest BCUT2D eigenvalue weighted by Crippen LogP contribution is -1.88. The van der Waals surface area contributed by atoms with E-state index in [2.05, 4.69) is 9.68 Å². The van der Waals surface area contributed by atoms with Gasteiger partial charge < -0.3 is 9.26 Å². The molecule has 0 aliphatic carbocycles. The van der Waals surface area contributed by atoms with Crippen molar-refractivity contribution in [1.29, 1.82) is 0 Å². The largest absolute Gasteiger partial charge is 0.496 e. The first-order valence-electron chi connectivity index (χ1n) is 4.13. The van der Waals surface area contributed by atoms with E-state index in [-0.39, 0.29) is 0 Å². The number of H-pyrrole nitrogens is 1. The van der Waals surface area contributed by atoms with Gasteiger partial charge in [-0.05, 0) is 12.1 Å². The van der Waals surface area contributed by atoms with Crippen LogP contribution >= 0.6 is 0 Å². The summed E-state index contributed by atoms with van der Waals surface area (Å²) in [6.07, 6.45) is 0. The molecule has 4 nitrogen and oxygen atoms in total. The van der Waals surface area contributed by atoms with Crippen LogP contribution in [0.3, 0.4) is 0 Å². The number of aromatic amines is 1. The van der Waals surface area contributed by atoms with Crippen molar-refractivity contribution in [2.24, 2.45) is 0 Å². The Hall–Kier alpha value is -1.97. The zero-order valence-electron chi connectivity index (χ0n) is 7.61. The monoisotopic (exact) mass is 191 g/mol. The number of ether oxygens (including phenoxy) is 1. The Morgan fingerprint density at radius 2 is 2.14 bits per heavy atom. The second-order valence-electron chi connectivity index (χ2n) is 2.78. The maximum Gasteiger partial charge on any atom is 0.357 e. The van der Waals surface area contributed by atoms with Crippen LogP contribution in [0.2, 0.25) is 0 Å². The predicted octanol–water partition coefficient (Wildman–Crippen LogP) is 1.64. The second kappa shape index (κ2) is 3.41. The third kappa shape index (κ3) is 1.42. The molecule has 0 saturated carbocycles. The van der Waals surface area contributed by atoms with E-state index in [1.165, 1.54) is 6.07 Å². The van der Waals surface area contributed by atoms with E-state index in [0.29, 0.717) is 11.4 Å². The maximum absolute atomic E-state index is 10.8. The summed E-state index contributed by atoms with van der Waals surface area (Å²) in [7, 11) is 1.58. The van der Waals surface area contributed by atoms with Crippen molar-refractivity contribution in [2.75, 3.05) is 7.11 Å². The number of benzene rings is 1. The Kier molecular flexibility index (Phi) is 2.10. The minimum Gasteiger partial charge on any atom is -0.496 e. The standard InChI is InChI=1S/C10H9NO3/c1-13-9-5-3-2-4-7(9)8-6-10(12)14-11-8/h2-6,11H,1H3. The molecule has 14 heavy (non-hydrogen) atoms. The van der Waals surface area contributed by atoms with E-state index in [1.807, 2.05) is 24.3 Å². The molecule has 0 aliphatic heterocycles. The Balaban J connectivity index is 2.55. The third-order valence-electron chi connectivity index (χ3n) is 1.92. The van der Waals surface area contributed by atoms with Gasteiger partial charge in [0.25, 0.3) is 0 Å². The van der Waals surface area contributed by atoms with Crippen LogP contribution < -0.4 is 10.4 Å². The van der Waals surface area contributed by atoms with E-state index in [1.54, 1.807) is 7.11 Å². The van der Waals surface area contributed by atoms with Crippen LogP contribution in [0.15, 0.2) is 39.6 Å². The van der Waals surface area contributed by atoms with E-state index >= 15 is 0 Å². The highest BCUT2D eigenvalue weighted by Crippen LogP contribution is 2.26. The molecule has 2 rings (SSSR count). The molecule has 0 unspecified atom stereocenters. The molecule has 1 N–H and O–H groups in total. The zero-order chi connectivity index (χ0) is 9.97. The summed E-state index contributed by atoms with van der Waals surface area (Å²) in [5.74, 6) is 0.699. The van der Waals surface area contributed by atoms with Crippen molar-refractivity contribution in [3.05, 3.63) is 40.8 Å². The van der Waals surface area contributed by atoms with Crippen molar-refractivity contribution < 1.29 is 9.26 Å². The topological polar surface area (TPSA) is 55.2 Å². The summed E-state index contributed by atoms with van der Waals surface area (Å²) in [5, 5.41) is 2.53. The lowest BCUT2D eigenvalue weighted by atomic mass is 10.1. The number of rotatable bonds is 2. The van der Waals surface area contributed by atoms with Crippen molar-refractivity contribution in [2.45, 2.75) is 0 Å². The molecule has 0 aliphatic rings. The first-order valence-corrected chi connectivity index (χ1v) is 4.13. The molecule has 72 valence electrons. The van der Waals surface area contributed by atoms with Crippen molar-refractivity contribution in [3.8, 4) is 17.0 Å². The smallest absolute Gasteiger partial charge is 0.357 e. The number of hydrogen-bond donors (Lipinski definition) is 1. The van der Waals surface area contributed by atoms with E-state index < -0.39 is 5.63 Å². The van der Waals surface area contributed by atoms with Gasteiger partial charge in [0, 0.05) is 5.56 Å². The van der Waals surface area contributed by atoms with Crippen molar-refractivity contribution >= 4 is 0 Å². The number of aromatic nitrogens is 1. The fourth-order valence-electron chi connectivity index (χ4n) is 1.28. The van der Waals surface area contributed by atoms with E-state index in [4.69, 9.17) is 4.74 Å². The summed E-state index contributed by atoms with van der Waals surface area (Å²) in [4.78, 5) is 10.8. The zero-order valence-corrected chi connectivity index (χ0v) is 7.61. The van der Waals surface area contributed by atoms with Gasteiger partial charge in [0.2, 0.25) is 0 Å². The summed E-state index contributed by atoms with van der Waals surface area (Å²) >= 11 is 0. The average molecular weight is 191 g/mol. The lowest BCUT2D eigenvalue weighted by molar-refractivity contribution is 0.392. The molecular weight excluding hydrogens is 182 g/mol. The highest BCUT2D eigenvalue weighted by molar-refractivity contribution is 5.66. The molecule has 0 atom stereocenters. The fraction of sp³-hybridized carbons (Fsp3) is 0.100. The Labute approximate surface area is 80.1 Å².